The van der Waals surface area contributed by atoms with E-state index >= 15 is 0 Å². The molecule has 1 N–H and O–H groups in total. The van der Waals surface area contributed by atoms with Crippen LogP contribution in [0, 0.1) is 0 Å². The molecule has 20 heavy (non-hydrogen) atoms. The van der Waals surface area contributed by atoms with Crippen LogP contribution in [0.15, 0.2) is 18.2 Å². The Balaban J connectivity index is 2.25. The number of ether oxygens (including phenoxy) is 2. The second-order valence-corrected chi connectivity index (χ2v) is 5.08. The highest BCUT2D eigenvalue weighted by Crippen LogP contribution is 2.38. The number of methoxy groups -OCH3 is 2. The van der Waals surface area contributed by atoms with Gasteiger partial charge in [0, 0.05) is 23.7 Å². The number of benzene rings is 1. The molecular weight excluding hydrogens is 258 g/mol. The molecule has 1 aromatic carbocycles. The molecule has 110 valence electrons. The van der Waals surface area contributed by atoms with Crippen molar-refractivity contribution in [3.8, 4) is 11.5 Å². The third kappa shape index (κ3) is 3.22. The van der Waals surface area contributed by atoms with Crippen molar-refractivity contribution in [1.82, 2.24) is 4.90 Å². The van der Waals surface area contributed by atoms with Crippen LogP contribution in [0.4, 0.5) is 0 Å². The maximum atomic E-state index is 11.0. The minimum absolute atomic E-state index is 0.000504. The number of aliphatic carboxylic acids is 1. The van der Waals surface area contributed by atoms with Gasteiger partial charge in [0.1, 0.15) is 11.5 Å². The normalized spacial score (nSPS) is 16.0. The van der Waals surface area contributed by atoms with Gasteiger partial charge in [-0.25, -0.2) is 0 Å². The molecule has 0 radical (unpaired) electrons. The molecule has 1 fully saturated rings. The van der Waals surface area contributed by atoms with Gasteiger partial charge in [-0.2, -0.15) is 0 Å². The molecule has 0 saturated heterocycles. The van der Waals surface area contributed by atoms with E-state index in [1.807, 2.05) is 30.0 Å². The van der Waals surface area contributed by atoms with Gasteiger partial charge in [-0.1, -0.05) is 6.07 Å². The third-order valence-corrected chi connectivity index (χ3v) is 3.72. The first-order valence-corrected chi connectivity index (χ1v) is 6.76. The van der Waals surface area contributed by atoms with Gasteiger partial charge in [0.2, 0.25) is 0 Å². The summed E-state index contributed by atoms with van der Waals surface area (Å²) in [7, 11) is 3.22. The van der Waals surface area contributed by atoms with E-state index in [1.54, 1.807) is 14.2 Å². The summed E-state index contributed by atoms with van der Waals surface area (Å²) in [4.78, 5) is 13.1. The molecule has 0 heterocycles. The lowest BCUT2D eigenvalue weighted by atomic mass is 10.0. The van der Waals surface area contributed by atoms with Gasteiger partial charge in [-0.3, -0.25) is 9.69 Å². The average molecular weight is 279 g/mol. The molecule has 0 aliphatic heterocycles. The van der Waals surface area contributed by atoms with Gasteiger partial charge in [-0.05, 0) is 25.8 Å². The van der Waals surface area contributed by atoms with Crippen LogP contribution in [0.5, 0.6) is 11.5 Å². The molecular formula is C15H21NO4. The summed E-state index contributed by atoms with van der Waals surface area (Å²) in [6.45, 7) is 2.08. The zero-order chi connectivity index (χ0) is 14.7. The lowest BCUT2D eigenvalue weighted by Crippen LogP contribution is -2.34. The lowest BCUT2D eigenvalue weighted by molar-refractivity contribution is -0.139. The first kappa shape index (κ1) is 14.7. The smallest absolute Gasteiger partial charge is 0.317 e. The molecule has 1 atom stereocenters. The van der Waals surface area contributed by atoms with Crippen molar-refractivity contribution in [3.05, 3.63) is 23.8 Å². The van der Waals surface area contributed by atoms with E-state index < -0.39 is 5.97 Å². The van der Waals surface area contributed by atoms with E-state index in [0.29, 0.717) is 6.04 Å². The molecule has 0 aromatic heterocycles. The van der Waals surface area contributed by atoms with Crippen molar-refractivity contribution in [2.45, 2.75) is 31.8 Å². The van der Waals surface area contributed by atoms with E-state index in [2.05, 4.69) is 0 Å². The molecule has 1 aliphatic carbocycles. The first-order chi connectivity index (χ1) is 9.56. The van der Waals surface area contributed by atoms with Gasteiger partial charge in [0.25, 0.3) is 0 Å². The molecule has 5 heteroatoms. The highest BCUT2D eigenvalue weighted by molar-refractivity contribution is 5.69. The molecule has 0 amide bonds. The van der Waals surface area contributed by atoms with Crippen LogP contribution in [-0.4, -0.2) is 42.8 Å². The van der Waals surface area contributed by atoms with Crippen LogP contribution in [0.2, 0.25) is 0 Å². The zero-order valence-electron chi connectivity index (χ0n) is 12.1. The van der Waals surface area contributed by atoms with Crippen molar-refractivity contribution in [1.29, 1.82) is 0 Å². The van der Waals surface area contributed by atoms with E-state index in [0.717, 1.165) is 29.9 Å². The van der Waals surface area contributed by atoms with Crippen molar-refractivity contribution in [2.24, 2.45) is 0 Å². The predicted octanol–water partition coefficient (Wildman–Crippen LogP) is 2.31. The zero-order valence-corrected chi connectivity index (χ0v) is 12.1. The molecule has 1 unspecified atom stereocenters. The van der Waals surface area contributed by atoms with Crippen LogP contribution >= 0.6 is 0 Å². The molecule has 5 nitrogen and oxygen atoms in total. The van der Waals surface area contributed by atoms with E-state index in [1.165, 1.54) is 0 Å². The average Bonchev–Trinajstić information content (AvgIpc) is 3.27. The predicted molar refractivity (Wildman–Crippen MR) is 75.3 cm³/mol. The number of carbonyl (C=O) groups is 1. The number of carboxylic acids is 1. The van der Waals surface area contributed by atoms with Crippen molar-refractivity contribution in [3.63, 3.8) is 0 Å². The quantitative estimate of drug-likeness (QED) is 0.830. The molecule has 1 aliphatic rings. The van der Waals surface area contributed by atoms with Gasteiger partial charge < -0.3 is 14.6 Å². The molecule has 1 aromatic rings. The number of hydrogen-bond acceptors (Lipinski definition) is 4. The fraction of sp³-hybridized carbons (Fsp3) is 0.533. The Kier molecular flexibility index (Phi) is 4.49. The Bertz CT molecular complexity index is 485. The SMILES string of the molecule is COc1ccc(C(C)N(CC(=O)O)C2CC2)c(OC)c1. The number of nitrogens with zero attached hydrogens (tertiary/aromatic N) is 1. The standard InChI is InChI=1S/C15H21NO4/c1-10(16(9-15(17)18)11-4-5-11)13-7-6-12(19-2)8-14(13)20-3/h6-8,10-11H,4-5,9H2,1-3H3,(H,17,18). The molecule has 1 saturated carbocycles. The fourth-order valence-electron chi connectivity index (χ4n) is 2.49. The Morgan fingerprint density at radius 3 is 2.60 bits per heavy atom. The number of hydrogen-bond donors (Lipinski definition) is 1. The van der Waals surface area contributed by atoms with Crippen LogP contribution in [-0.2, 0) is 4.79 Å². The fourth-order valence-corrected chi connectivity index (χ4v) is 2.49. The summed E-state index contributed by atoms with van der Waals surface area (Å²) in [5.74, 6) is 0.665. The summed E-state index contributed by atoms with van der Waals surface area (Å²) in [5, 5.41) is 9.07. The highest BCUT2D eigenvalue weighted by atomic mass is 16.5. The molecule has 2 rings (SSSR count). The van der Waals surface area contributed by atoms with Gasteiger partial charge in [0.15, 0.2) is 0 Å². The van der Waals surface area contributed by atoms with Crippen molar-refractivity contribution < 1.29 is 19.4 Å². The van der Waals surface area contributed by atoms with Crippen molar-refractivity contribution >= 4 is 5.97 Å². The summed E-state index contributed by atoms with van der Waals surface area (Å²) in [6.07, 6.45) is 2.13. The van der Waals surface area contributed by atoms with E-state index in [4.69, 9.17) is 14.6 Å². The minimum atomic E-state index is -0.795. The number of carboxylic acid groups (broad SMARTS) is 1. The van der Waals surface area contributed by atoms with Gasteiger partial charge >= 0.3 is 5.97 Å². The Morgan fingerprint density at radius 2 is 2.10 bits per heavy atom. The summed E-state index contributed by atoms with van der Waals surface area (Å²) in [6, 6.07) is 6.02. The van der Waals surface area contributed by atoms with Crippen LogP contribution < -0.4 is 9.47 Å². The highest BCUT2D eigenvalue weighted by Gasteiger charge is 2.34. The van der Waals surface area contributed by atoms with Gasteiger partial charge in [0.05, 0.1) is 20.8 Å². The maximum absolute atomic E-state index is 11.0. The van der Waals surface area contributed by atoms with E-state index in [9.17, 15) is 4.79 Å². The second kappa shape index (κ2) is 6.13. The van der Waals surface area contributed by atoms with E-state index in [-0.39, 0.29) is 12.6 Å². The topological polar surface area (TPSA) is 59.0 Å². The second-order valence-electron chi connectivity index (χ2n) is 5.08. The monoisotopic (exact) mass is 279 g/mol. The molecule has 0 spiro atoms. The van der Waals surface area contributed by atoms with Crippen LogP contribution in [0.3, 0.4) is 0 Å². The van der Waals surface area contributed by atoms with Crippen LogP contribution in [0.1, 0.15) is 31.4 Å². The van der Waals surface area contributed by atoms with Gasteiger partial charge in [-0.15, -0.1) is 0 Å². The Hall–Kier alpha value is -1.75. The molecule has 0 bridgehead atoms. The Morgan fingerprint density at radius 1 is 1.40 bits per heavy atom. The van der Waals surface area contributed by atoms with Crippen LogP contribution in [0.25, 0.3) is 0 Å². The summed E-state index contributed by atoms with van der Waals surface area (Å²) < 4.78 is 10.6. The lowest BCUT2D eigenvalue weighted by Gasteiger charge is -2.29. The maximum Gasteiger partial charge on any atom is 0.317 e. The van der Waals surface area contributed by atoms with Crippen molar-refractivity contribution in [2.75, 3.05) is 20.8 Å². The summed E-state index contributed by atoms with van der Waals surface area (Å²) in [5.41, 5.74) is 0.987. The number of rotatable bonds is 7. The summed E-state index contributed by atoms with van der Waals surface area (Å²) >= 11 is 0. The first-order valence-electron chi connectivity index (χ1n) is 6.76. The minimum Gasteiger partial charge on any atom is -0.497 e. The third-order valence-electron chi connectivity index (χ3n) is 3.72. The Labute approximate surface area is 119 Å². The largest absolute Gasteiger partial charge is 0.497 e.